The number of phenols is 1. The summed E-state index contributed by atoms with van der Waals surface area (Å²) in [5, 5.41) is 17.7. The van der Waals surface area contributed by atoms with Gasteiger partial charge in [-0.2, -0.15) is 5.10 Å². The van der Waals surface area contributed by atoms with Crippen molar-refractivity contribution in [2.24, 2.45) is 10.9 Å². The zero-order valence-corrected chi connectivity index (χ0v) is 15.9. The molecule has 0 aliphatic carbocycles. The fourth-order valence-electron chi connectivity index (χ4n) is 3.64. The van der Waals surface area contributed by atoms with Crippen LogP contribution < -0.4 is 10.7 Å². The molecular weight excluding hydrogens is 358 g/mol. The standard InChI is InChI=1S/C21H21N3O4/c1-4-27-21(26)18-17(15-10-5-11(2)28-15)16-12(3)23-24-20(16)22-19(18)13-6-8-14(25)9-7-13/h5-10,18-19,25H,4H2,1-3H3,(H,22,24). The molecule has 0 spiro atoms. The highest BCUT2D eigenvalue weighted by atomic mass is 16.5. The number of nitrogens with zero attached hydrogens (tertiary/aromatic N) is 2. The van der Waals surface area contributed by atoms with Crippen molar-refractivity contribution in [2.45, 2.75) is 26.8 Å². The molecule has 0 radical (unpaired) electrons. The summed E-state index contributed by atoms with van der Waals surface area (Å²) in [7, 11) is 0. The number of hydrogen-bond acceptors (Lipinski definition) is 6. The Morgan fingerprint density at radius 2 is 1.96 bits per heavy atom. The summed E-state index contributed by atoms with van der Waals surface area (Å²) < 4.78 is 11.3. The van der Waals surface area contributed by atoms with Crippen molar-refractivity contribution in [2.75, 3.05) is 6.61 Å². The van der Waals surface area contributed by atoms with Crippen LogP contribution in [0.25, 0.3) is 5.57 Å². The van der Waals surface area contributed by atoms with Gasteiger partial charge < -0.3 is 14.3 Å². The monoisotopic (exact) mass is 379 g/mol. The molecule has 0 bridgehead atoms. The van der Waals surface area contributed by atoms with Crippen molar-refractivity contribution in [3.8, 4) is 5.75 Å². The molecule has 0 saturated heterocycles. The van der Waals surface area contributed by atoms with Crippen LogP contribution in [0.1, 0.15) is 35.7 Å². The number of H-pyrrole nitrogens is 1. The highest BCUT2D eigenvalue weighted by Gasteiger charge is 2.39. The first kappa shape index (κ1) is 18.0. The zero-order valence-electron chi connectivity index (χ0n) is 15.9. The summed E-state index contributed by atoms with van der Waals surface area (Å²) >= 11 is 0. The molecule has 7 nitrogen and oxygen atoms in total. The van der Waals surface area contributed by atoms with Crippen molar-refractivity contribution in [1.82, 2.24) is 10.2 Å². The third-order valence-electron chi connectivity index (χ3n) is 4.87. The van der Waals surface area contributed by atoms with E-state index in [4.69, 9.17) is 14.1 Å². The largest absolute Gasteiger partial charge is 0.508 e. The number of nitrogens with one attached hydrogen (secondary N) is 1. The molecule has 144 valence electrons. The lowest BCUT2D eigenvalue weighted by molar-refractivity contribution is -0.146. The van der Waals surface area contributed by atoms with Crippen LogP contribution in [0.3, 0.4) is 0 Å². The van der Waals surface area contributed by atoms with Gasteiger partial charge in [-0.15, -0.1) is 0 Å². The van der Waals surface area contributed by atoms with Crippen molar-refractivity contribution >= 4 is 11.5 Å². The van der Waals surface area contributed by atoms with Crippen molar-refractivity contribution in [1.29, 1.82) is 0 Å². The van der Waals surface area contributed by atoms with Gasteiger partial charge in [0, 0.05) is 10.8 Å². The number of benzene rings is 1. The van der Waals surface area contributed by atoms with Gasteiger partial charge in [-0.25, -0.2) is 0 Å². The molecule has 1 aliphatic rings. The molecule has 3 aromatic rings. The van der Waals surface area contributed by atoms with E-state index in [2.05, 4.69) is 10.2 Å². The van der Waals surface area contributed by atoms with E-state index < -0.39 is 12.0 Å². The maximum atomic E-state index is 13.1. The van der Waals surface area contributed by atoms with Gasteiger partial charge in [0.05, 0.1) is 18.3 Å². The quantitative estimate of drug-likeness (QED) is 0.676. The Hall–Kier alpha value is -3.35. The Morgan fingerprint density at radius 3 is 2.61 bits per heavy atom. The molecule has 2 N–H and O–H groups in total. The van der Waals surface area contributed by atoms with E-state index in [0.29, 0.717) is 16.8 Å². The maximum Gasteiger partial charge on any atom is 0.316 e. The topological polar surface area (TPSA) is 101 Å². The highest BCUT2D eigenvalue weighted by molar-refractivity contribution is 5.89. The lowest BCUT2D eigenvalue weighted by Gasteiger charge is -2.26. The number of aromatic amines is 1. The predicted octanol–water partition coefficient (Wildman–Crippen LogP) is 2.08. The molecule has 7 heteroatoms. The van der Waals surface area contributed by atoms with Gasteiger partial charge in [0.2, 0.25) is 0 Å². The summed E-state index contributed by atoms with van der Waals surface area (Å²) in [4.78, 5) is 17.8. The molecule has 2 aromatic heterocycles. The fraction of sp³-hybridized carbons (Fsp3) is 0.286. The SMILES string of the molecule is CCOC(=O)C1C(c2ccc(C)o2)=c2c(C)n[nH]c2=NC1c1ccc(O)cc1. The molecule has 0 fully saturated rings. The first-order valence-electron chi connectivity index (χ1n) is 9.15. The Balaban J connectivity index is 2.00. The van der Waals surface area contributed by atoms with Crippen LogP contribution in [0.2, 0.25) is 0 Å². The van der Waals surface area contributed by atoms with E-state index in [-0.39, 0.29) is 18.3 Å². The average Bonchev–Trinajstić information content (AvgIpc) is 3.27. The summed E-state index contributed by atoms with van der Waals surface area (Å²) in [5.41, 5.74) is 2.83. The van der Waals surface area contributed by atoms with Crippen molar-refractivity contribution in [3.63, 3.8) is 0 Å². The number of esters is 1. The van der Waals surface area contributed by atoms with E-state index in [1.54, 1.807) is 31.2 Å². The minimum atomic E-state index is -0.696. The number of phenolic OH excluding ortho intramolecular Hbond substituents is 1. The Bertz CT molecular complexity index is 1140. The second-order valence-electron chi connectivity index (χ2n) is 6.75. The molecule has 0 amide bonds. The summed E-state index contributed by atoms with van der Waals surface area (Å²) in [6.45, 7) is 5.76. The molecule has 3 heterocycles. The van der Waals surface area contributed by atoms with Crippen LogP contribution in [0, 0.1) is 19.8 Å². The molecular formula is C21H21N3O4. The Kier molecular flexibility index (Phi) is 4.50. The number of aromatic hydroxyl groups is 1. The minimum Gasteiger partial charge on any atom is -0.508 e. The number of rotatable bonds is 4. The van der Waals surface area contributed by atoms with Gasteiger partial charge in [-0.3, -0.25) is 14.9 Å². The van der Waals surface area contributed by atoms with E-state index in [0.717, 1.165) is 22.2 Å². The van der Waals surface area contributed by atoms with Crippen LogP contribution in [0.15, 0.2) is 45.8 Å². The van der Waals surface area contributed by atoms with E-state index in [1.165, 1.54) is 0 Å². The molecule has 1 aliphatic heterocycles. The second kappa shape index (κ2) is 6.99. The predicted molar refractivity (Wildman–Crippen MR) is 101 cm³/mol. The Labute approximate surface area is 161 Å². The van der Waals surface area contributed by atoms with Gasteiger partial charge in [0.1, 0.15) is 23.2 Å². The van der Waals surface area contributed by atoms with Crippen LogP contribution in [0.4, 0.5) is 0 Å². The van der Waals surface area contributed by atoms with Crippen LogP contribution in [-0.2, 0) is 9.53 Å². The number of aryl methyl sites for hydroxylation is 2. The van der Waals surface area contributed by atoms with Crippen LogP contribution in [0.5, 0.6) is 5.75 Å². The van der Waals surface area contributed by atoms with Gasteiger partial charge in [0.15, 0.2) is 5.49 Å². The van der Waals surface area contributed by atoms with Crippen molar-refractivity contribution < 1.29 is 19.1 Å². The van der Waals surface area contributed by atoms with E-state index >= 15 is 0 Å². The highest BCUT2D eigenvalue weighted by Crippen LogP contribution is 2.38. The van der Waals surface area contributed by atoms with Gasteiger partial charge in [-0.05, 0) is 50.6 Å². The molecule has 1 aromatic carbocycles. The molecule has 0 saturated carbocycles. The van der Waals surface area contributed by atoms with Crippen LogP contribution >= 0.6 is 0 Å². The number of carbonyl (C=O) groups excluding carboxylic acids is 1. The summed E-state index contributed by atoms with van der Waals surface area (Å²) in [5.74, 6) is 0.422. The molecule has 2 atom stereocenters. The number of hydrogen-bond donors (Lipinski definition) is 2. The van der Waals surface area contributed by atoms with Gasteiger partial charge >= 0.3 is 5.97 Å². The molecule has 2 unspecified atom stereocenters. The lowest BCUT2D eigenvalue weighted by atomic mass is 9.83. The molecule has 28 heavy (non-hydrogen) atoms. The third-order valence-corrected chi connectivity index (χ3v) is 4.87. The first-order chi connectivity index (χ1) is 13.5. The minimum absolute atomic E-state index is 0.149. The van der Waals surface area contributed by atoms with Gasteiger partial charge in [0.25, 0.3) is 0 Å². The number of aromatic nitrogens is 2. The number of furan rings is 1. The average molecular weight is 379 g/mol. The van der Waals surface area contributed by atoms with E-state index in [9.17, 15) is 9.90 Å². The lowest BCUT2D eigenvalue weighted by Crippen LogP contribution is -2.40. The van der Waals surface area contributed by atoms with Crippen molar-refractivity contribution in [3.05, 3.63) is 69.9 Å². The molecule has 4 rings (SSSR count). The first-order valence-corrected chi connectivity index (χ1v) is 9.15. The summed E-state index contributed by atoms with van der Waals surface area (Å²) in [6, 6.07) is 9.86. The zero-order chi connectivity index (χ0) is 19.8. The van der Waals surface area contributed by atoms with E-state index in [1.807, 2.05) is 26.0 Å². The fourth-order valence-corrected chi connectivity index (χ4v) is 3.64. The number of fused-ring (bicyclic) bond motifs is 1. The maximum absolute atomic E-state index is 13.1. The summed E-state index contributed by atoms with van der Waals surface area (Å²) in [6.07, 6.45) is 0. The second-order valence-corrected chi connectivity index (χ2v) is 6.75. The van der Waals surface area contributed by atoms with Gasteiger partial charge in [-0.1, -0.05) is 12.1 Å². The third kappa shape index (κ3) is 2.98. The Morgan fingerprint density at radius 1 is 1.21 bits per heavy atom. The number of carbonyl (C=O) groups is 1. The normalized spacial score (nSPS) is 18.5. The smallest absolute Gasteiger partial charge is 0.316 e. The number of ether oxygens (including phenoxy) is 1. The van der Waals surface area contributed by atoms with Crippen LogP contribution in [-0.4, -0.2) is 27.9 Å².